The summed E-state index contributed by atoms with van der Waals surface area (Å²) in [6.07, 6.45) is 8.02. The van der Waals surface area contributed by atoms with Gasteiger partial charge in [0.05, 0.1) is 5.56 Å². The number of rotatable bonds is 3. The van der Waals surface area contributed by atoms with Gasteiger partial charge < -0.3 is 10.3 Å². The first-order valence-electron chi connectivity index (χ1n) is 6.21. The van der Waals surface area contributed by atoms with Crippen molar-refractivity contribution < 1.29 is 4.79 Å². The number of H-pyrrole nitrogens is 1. The number of amides is 1. The number of hydrogen-bond donors (Lipinski definition) is 2. The Balaban J connectivity index is 1.88. The van der Waals surface area contributed by atoms with Crippen molar-refractivity contribution in [3.8, 4) is 0 Å². The molecule has 1 saturated carbocycles. The maximum atomic E-state index is 11.9. The van der Waals surface area contributed by atoms with Crippen LogP contribution >= 0.6 is 11.8 Å². The average Bonchev–Trinajstić information content (AvgIpc) is 2.40. The summed E-state index contributed by atoms with van der Waals surface area (Å²) < 4.78 is 0. The number of pyridine rings is 1. The van der Waals surface area contributed by atoms with Crippen LogP contribution in [0.3, 0.4) is 0 Å². The smallest absolute Gasteiger partial charge is 0.252 e. The second kappa shape index (κ2) is 6.09. The fourth-order valence-corrected chi connectivity index (χ4v) is 3.01. The monoisotopic (exact) mass is 266 g/mol. The summed E-state index contributed by atoms with van der Waals surface area (Å²) in [6, 6.07) is 3.20. The number of aromatic amines is 1. The van der Waals surface area contributed by atoms with Crippen molar-refractivity contribution in [2.45, 2.75) is 37.0 Å². The first-order chi connectivity index (χ1) is 8.69. The predicted octanol–water partition coefficient (Wildman–Crippen LogP) is 1.78. The van der Waals surface area contributed by atoms with E-state index in [0.717, 1.165) is 30.9 Å². The second-order valence-electron chi connectivity index (χ2n) is 4.62. The Hall–Kier alpha value is -1.23. The first-order valence-corrected chi connectivity index (χ1v) is 7.50. The van der Waals surface area contributed by atoms with E-state index >= 15 is 0 Å². The van der Waals surface area contributed by atoms with Crippen molar-refractivity contribution in [1.29, 1.82) is 0 Å². The van der Waals surface area contributed by atoms with Crippen LogP contribution in [0.4, 0.5) is 0 Å². The highest BCUT2D eigenvalue weighted by Gasteiger charge is 2.22. The third kappa shape index (κ3) is 3.38. The number of carbonyl (C=O) groups excluding carboxylic acids is 1. The molecule has 5 heteroatoms. The predicted molar refractivity (Wildman–Crippen MR) is 74.1 cm³/mol. The molecule has 1 aromatic rings. The molecule has 0 unspecified atom stereocenters. The maximum absolute atomic E-state index is 11.9. The van der Waals surface area contributed by atoms with E-state index in [2.05, 4.69) is 16.6 Å². The normalized spacial score (nSPS) is 23.6. The van der Waals surface area contributed by atoms with Crippen LogP contribution in [0.2, 0.25) is 0 Å². The molecule has 1 aliphatic carbocycles. The summed E-state index contributed by atoms with van der Waals surface area (Å²) in [5, 5.41) is 3.77. The zero-order valence-corrected chi connectivity index (χ0v) is 11.3. The zero-order valence-electron chi connectivity index (χ0n) is 10.4. The molecular weight excluding hydrogens is 248 g/mol. The van der Waals surface area contributed by atoms with E-state index in [1.165, 1.54) is 12.3 Å². The number of carbonyl (C=O) groups is 1. The molecule has 1 heterocycles. The van der Waals surface area contributed by atoms with Crippen LogP contribution < -0.4 is 10.9 Å². The fraction of sp³-hybridized carbons (Fsp3) is 0.538. The minimum Gasteiger partial charge on any atom is -0.349 e. The Bertz CT molecular complexity index is 444. The topological polar surface area (TPSA) is 62.0 Å². The lowest BCUT2D eigenvalue weighted by Crippen LogP contribution is -2.38. The lowest BCUT2D eigenvalue weighted by atomic mass is 9.95. The molecule has 1 amide bonds. The highest BCUT2D eigenvalue weighted by molar-refractivity contribution is 7.99. The molecule has 2 rings (SSSR count). The Kier molecular flexibility index (Phi) is 4.47. The van der Waals surface area contributed by atoms with Crippen LogP contribution in [-0.2, 0) is 0 Å². The lowest BCUT2D eigenvalue weighted by molar-refractivity contribution is 0.0928. The molecule has 0 aromatic carbocycles. The highest BCUT2D eigenvalue weighted by atomic mass is 32.2. The zero-order chi connectivity index (χ0) is 13.0. The molecule has 18 heavy (non-hydrogen) atoms. The number of nitrogens with one attached hydrogen (secondary N) is 2. The van der Waals surface area contributed by atoms with Crippen LogP contribution in [0, 0.1) is 0 Å². The minimum atomic E-state index is -0.188. The summed E-state index contributed by atoms with van der Waals surface area (Å²) in [5.74, 6) is -0.0983. The van der Waals surface area contributed by atoms with Gasteiger partial charge in [0.1, 0.15) is 0 Å². The van der Waals surface area contributed by atoms with Crippen LogP contribution in [0.15, 0.2) is 23.1 Å². The molecule has 0 bridgehead atoms. The van der Waals surface area contributed by atoms with Gasteiger partial charge in [-0.25, -0.2) is 0 Å². The molecule has 4 nitrogen and oxygen atoms in total. The van der Waals surface area contributed by atoms with Crippen molar-refractivity contribution in [1.82, 2.24) is 10.3 Å². The van der Waals surface area contributed by atoms with Crippen LogP contribution in [-0.4, -0.2) is 28.4 Å². The molecule has 2 N–H and O–H groups in total. The van der Waals surface area contributed by atoms with Crippen molar-refractivity contribution in [2.24, 2.45) is 0 Å². The Morgan fingerprint density at radius 1 is 1.33 bits per heavy atom. The summed E-state index contributed by atoms with van der Waals surface area (Å²) in [6.45, 7) is 0. The van der Waals surface area contributed by atoms with Crippen molar-refractivity contribution in [3.63, 3.8) is 0 Å². The van der Waals surface area contributed by atoms with Crippen molar-refractivity contribution >= 4 is 17.7 Å². The average molecular weight is 266 g/mol. The minimum absolute atomic E-state index is 0.0983. The Morgan fingerprint density at radius 2 is 2.06 bits per heavy atom. The molecule has 1 fully saturated rings. The van der Waals surface area contributed by atoms with Crippen LogP contribution in [0.25, 0.3) is 0 Å². The Labute approximate surface area is 111 Å². The molecule has 1 aromatic heterocycles. The molecular formula is C13H18N2O2S. The van der Waals surface area contributed by atoms with Gasteiger partial charge in [-0.2, -0.15) is 11.8 Å². The largest absolute Gasteiger partial charge is 0.349 e. The number of aromatic nitrogens is 1. The summed E-state index contributed by atoms with van der Waals surface area (Å²) in [7, 11) is 0. The molecule has 98 valence electrons. The molecule has 0 radical (unpaired) electrons. The van der Waals surface area contributed by atoms with Gasteiger partial charge in [-0.05, 0) is 38.0 Å². The van der Waals surface area contributed by atoms with Gasteiger partial charge in [-0.15, -0.1) is 0 Å². The number of hydrogen-bond acceptors (Lipinski definition) is 3. The van der Waals surface area contributed by atoms with Gasteiger partial charge in [0, 0.05) is 23.6 Å². The second-order valence-corrected chi connectivity index (χ2v) is 5.76. The molecule has 0 atom stereocenters. The molecule has 0 spiro atoms. The Morgan fingerprint density at radius 3 is 2.61 bits per heavy atom. The quantitative estimate of drug-likeness (QED) is 0.876. The first kappa shape index (κ1) is 13.2. The summed E-state index contributed by atoms with van der Waals surface area (Å²) >= 11 is 1.91. The van der Waals surface area contributed by atoms with Crippen molar-refractivity contribution in [2.75, 3.05) is 6.26 Å². The SMILES string of the molecule is CSC1CCC(NC(=O)c2ccc(=O)[nH]c2)CC1. The van der Waals surface area contributed by atoms with E-state index < -0.39 is 0 Å². The van der Waals surface area contributed by atoms with Crippen molar-refractivity contribution in [3.05, 3.63) is 34.2 Å². The number of thioether (sulfide) groups is 1. The van der Waals surface area contributed by atoms with Gasteiger partial charge >= 0.3 is 0 Å². The van der Waals surface area contributed by atoms with Gasteiger partial charge in [-0.3, -0.25) is 9.59 Å². The molecule has 0 saturated heterocycles. The van der Waals surface area contributed by atoms with Crippen LogP contribution in [0.5, 0.6) is 0 Å². The van der Waals surface area contributed by atoms with Gasteiger partial charge in [0.25, 0.3) is 5.91 Å². The third-order valence-electron chi connectivity index (χ3n) is 3.39. The molecule has 1 aliphatic rings. The molecule has 0 aliphatic heterocycles. The van der Waals surface area contributed by atoms with E-state index in [9.17, 15) is 9.59 Å². The van der Waals surface area contributed by atoms with E-state index in [1.54, 1.807) is 6.07 Å². The third-order valence-corrected chi connectivity index (χ3v) is 4.53. The van der Waals surface area contributed by atoms with Gasteiger partial charge in [0.15, 0.2) is 0 Å². The van der Waals surface area contributed by atoms with Gasteiger partial charge in [0.2, 0.25) is 5.56 Å². The maximum Gasteiger partial charge on any atom is 0.252 e. The summed E-state index contributed by atoms with van der Waals surface area (Å²) in [5.41, 5.74) is 0.327. The van der Waals surface area contributed by atoms with E-state index in [0.29, 0.717) is 5.56 Å². The summed E-state index contributed by atoms with van der Waals surface area (Å²) in [4.78, 5) is 25.4. The van der Waals surface area contributed by atoms with E-state index in [-0.39, 0.29) is 17.5 Å². The standard InChI is InChI=1S/C13H18N2O2S/c1-18-11-5-3-10(4-6-11)15-13(17)9-2-7-12(16)14-8-9/h2,7-8,10-11H,3-6H2,1H3,(H,14,16)(H,15,17). The fourth-order valence-electron chi connectivity index (χ4n) is 2.26. The van der Waals surface area contributed by atoms with Crippen LogP contribution in [0.1, 0.15) is 36.0 Å². The lowest BCUT2D eigenvalue weighted by Gasteiger charge is -2.28. The van der Waals surface area contributed by atoms with E-state index in [1.807, 2.05) is 11.8 Å². The highest BCUT2D eigenvalue weighted by Crippen LogP contribution is 2.26. The van der Waals surface area contributed by atoms with Gasteiger partial charge in [-0.1, -0.05) is 0 Å². The van der Waals surface area contributed by atoms with E-state index in [4.69, 9.17) is 0 Å².